The van der Waals surface area contributed by atoms with Crippen molar-refractivity contribution in [2.24, 2.45) is 0 Å². The third kappa shape index (κ3) is 2.67. The quantitative estimate of drug-likeness (QED) is 0.507. The first-order valence-corrected chi connectivity index (χ1v) is 8.61. The van der Waals surface area contributed by atoms with E-state index in [9.17, 15) is 9.59 Å². The number of benzene rings is 2. The molecule has 2 aromatic carbocycles. The number of para-hydroxylation sites is 1. The highest BCUT2D eigenvalue weighted by atomic mass is 16.6. The van der Waals surface area contributed by atoms with Crippen molar-refractivity contribution >= 4 is 16.9 Å². The van der Waals surface area contributed by atoms with Crippen LogP contribution in [0.5, 0.6) is 17.2 Å². The van der Waals surface area contributed by atoms with Crippen LogP contribution in [0.25, 0.3) is 11.0 Å². The van der Waals surface area contributed by atoms with Gasteiger partial charge in [-0.05, 0) is 29.8 Å². The Balaban J connectivity index is 1.96. The molecule has 144 valence electrons. The summed E-state index contributed by atoms with van der Waals surface area (Å²) < 4.78 is 27.0. The summed E-state index contributed by atoms with van der Waals surface area (Å²) in [6.45, 7) is 0. The summed E-state index contributed by atoms with van der Waals surface area (Å²) in [6.07, 6.45) is -1.02. The Morgan fingerprint density at radius 1 is 1.00 bits per heavy atom. The molecule has 0 bridgehead atoms. The van der Waals surface area contributed by atoms with Gasteiger partial charge in [0.25, 0.3) is 0 Å². The van der Waals surface area contributed by atoms with E-state index >= 15 is 0 Å². The summed E-state index contributed by atoms with van der Waals surface area (Å²) in [5.74, 6) is 0.0532. The predicted molar refractivity (Wildman–Crippen MR) is 100 cm³/mol. The second-order valence-corrected chi connectivity index (χ2v) is 6.28. The van der Waals surface area contributed by atoms with E-state index in [2.05, 4.69) is 0 Å². The van der Waals surface area contributed by atoms with Gasteiger partial charge in [0, 0.05) is 0 Å². The molecule has 1 aliphatic heterocycles. The Bertz CT molecular complexity index is 1120. The number of hydrogen-bond acceptors (Lipinski definition) is 7. The number of rotatable bonds is 4. The minimum Gasteiger partial charge on any atom is -0.493 e. The number of methoxy groups -OCH3 is 3. The molecule has 4 rings (SSSR count). The molecule has 0 saturated heterocycles. The lowest BCUT2D eigenvalue weighted by Crippen LogP contribution is -2.31. The van der Waals surface area contributed by atoms with Crippen LogP contribution in [0, 0.1) is 0 Å². The second-order valence-electron chi connectivity index (χ2n) is 6.28. The van der Waals surface area contributed by atoms with Crippen LogP contribution in [0.2, 0.25) is 0 Å². The fraction of sp³-hybridized carbons (Fsp3) is 0.238. The molecule has 28 heavy (non-hydrogen) atoms. The topological polar surface area (TPSA) is 84.2 Å². The van der Waals surface area contributed by atoms with Crippen LogP contribution in [0.15, 0.2) is 51.7 Å². The third-order valence-electron chi connectivity index (χ3n) is 4.86. The van der Waals surface area contributed by atoms with Crippen molar-refractivity contribution in [3.8, 4) is 17.2 Å². The van der Waals surface area contributed by atoms with Crippen molar-refractivity contribution in [2.75, 3.05) is 21.3 Å². The molecule has 0 spiro atoms. The lowest BCUT2D eigenvalue weighted by molar-refractivity contribution is -0.148. The van der Waals surface area contributed by atoms with E-state index in [1.54, 1.807) is 36.4 Å². The van der Waals surface area contributed by atoms with E-state index < -0.39 is 23.6 Å². The zero-order valence-corrected chi connectivity index (χ0v) is 15.6. The van der Waals surface area contributed by atoms with Crippen molar-refractivity contribution in [1.82, 2.24) is 0 Å². The van der Waals surface area contributed by atoms with Crippen molar-refractivity contribution in [3.63, 3.8) is 0 Å². The van der Waals surface area contributed by atoms with Gasteiger partial charge >= 0.3 is 11.6 Å². The Morgan fingerprint density at radius 3 is 2.46 bits per heavy atom. The van der Waals surface area contributed by atoms with Crippen LogP contribution in [0.1, 0.15) is 17.0 Å². The highest BCUT2D eigenvalue weighted by Crippen LogP contribution is 2.45. The smallest absolute Gasteiger partial charge is 0.348 e. The Labute approximate surface area is 160 Å². The molecule has 2 atom stereocenters. The van der Waals surface area contributed by atoms with E-state index in [0.29, 0.717) is 33.8 Å². The summed E-state index contributed by atoms with van der Waals surface area (Å²) >= 11 is 0. The molecule has 2 heterocycles. The number of fused-ring (bicyclic) bond motifs is 3. The minimum atomic E-state index is -1.02. The van der Waals surface area contributed by atoms with Gasteiger partial charge < -0.3 is 23.4 Å². The second kappa shape index (κ2) is 6.92. The van der Waals surface area contributed by atoms with Gasteiger partial charge in [0.2, 0.25) is 6.10 Å². The molecule has 0 N–H and O–H groups in total. The van der Waals surface area contributed by atoms with Crippen LogP contribution in [0.3, 0.4) is 0 Å². The average Bonchev–Trinajstić information content (AvgIpc) is 3.14. The average molecular weight is 382 g/mol. The maximum atomic E-state index is 12.8. The molecule has 0 saturated carbocycles. The third-order valence-corrected chi connectivity index (χ3v) is 4.86. The highest BCUT2D eigenvalue weighted by Gasteiger charge is 2.45. The minimum absolute atomic E-state index is 0.279. The number of carbonyl (C=O) groups excluding carboxylic acids is 1. The number of esters is 1. The van der Waals surface area contributed by atoms with Crippen LogP contribution in [-0.4, -0.2) is 33.4 Å². The first-order valence-electron chi connectivity index (χ1n) is 8.61. The molecule has 0 unspecified atom stereocenters. The molecule has 7 nitrogen and oxygen atoms in total. The number of ether oxygens (including phenoxy) is 4. The maximum Gasteiger partial charge on any atom is 0.348 e. The maximum absolute atomic E-state index is 12.8. The van der Waals surface area contributed by atoms with Crippen LogP contribution in [0.4, 0.5) is 0 Å². The van der Waals surface area contributed by atoms with Gasteiger partial charge in [-0.25, -0.2) is 9.59 Å². The molecule has 0 amide bonds. The van der Waals surface area contributed by atoms with E-state index in [0.717, 1.165) is 0 Å². The summed E-state index contributed by atoms with van der Waals surface area (Å²) in [6, 6.07) is 12.2. The van der Waals surface area contributed by atoms with Crippen LogP contribution < -0.4 is 19.8 Å². The lowest BCUT2D eigenvalue weighted by atomic mass is 9.88. The zero-order chi connectivity index (χ0) is 19.8. The van der Waals surface area contributed by atoms with E-state index in [4.69, 9.17) is 23.4 Å². The standard InChI is InChI=1S/C21H18O7/c1-24-14-9-8-11(10-15(14)25-2)16-17-18(28-19(16)21(23)26-3)12-6-4-5-7-13(12)27-20(17)22/h4-10,16,19H,1-3H3/t16-,19-/m0/s1. The van der Waals surface area contributed by atoms with Gasteiger partial charge in [-0.3, -0.25) is 0 Å². The molecular formula is C21H18O7. The molecular weight excluding hydrogens is 364 g/mol. The van der Waals surface area contributed by atoms with Gasteiger partial charge in [0.15, 0.2) is 11.5 Å². The van der Waals surface area contributed by atoms with E-state index in [1.165, 1.54) is 21.3 Å². The highest BCUT2D eigenvalue weighted by molar-refractivity contribution is 5.88. The van der Waals surface area contributed by atoms with Gasteiger partial charge in [-0.15, -0.1) is 0 Å². The molecule has 7 heteroatoms. The molecule has 0 fully saturated rings. The van der Waals surface area contributed by atoms with Crippen molar-refractivity contribution in [2.45, 2.75) is 12.0 Å². The Hall–Kier alpha value is -3.48. The van der Waals surface area contributed by atoms with E-state index in [1.807, 2.05) is 6.07 Å². The lowest BCUT2D eigenvalue weighted by Gasteiger charge is -2.18. The molecule has 0 radical (unpaired) electrons. The number of carbonyl (C=O) groups is 1. The summed E-state index contributed by atoms with van der Waals surface area (Å²) in [4.78, 5) is 25.2. The van der Waals surface area contributed by atoms with Crippen LogP contribution >= 0.6 is 0 Å². The van der Waals surface area contributed by atoms with Gasteiger partial charge in [0.1, 0.15) is 11.3 Å². The van der Waals surface area contributed by atoms with Crippen molar-refractivity contribution in [3.05, 3.63) is 64.0 Å². The predicted octanol–water partition coefficient (Wildman–Crippen LogP) is 2.88. The number of hydrogen-bond donors (Lipinski definition) is 0. The van der Waals surface area contributed by atoms with Crippen LogP contribution in [-0.2, 0) is 9.53 Å². The largest absolute Gasteiger partial charge is 0.493 e. The summed E-state index contributed by atoms with van der Waals surface area (Å²) in [5, 5.41) is 0.619. The van der Waals surface area contributed by atoms with Gasteiger partial charge in [-0.1, -0.05) is 18.2 Å². The van der Waals surface area contributed by atoms with Crippen molar-refractivity contribution < 1.29 is 28.2 Å². The first-order chi connectivity index (χ1) is 13.6. The zero-order valence-electron chi connectivity index (χ0n) is 15.6. The first kappa shape index (κ1) is 17.9. The monoisotopic (exact) mass is 382 g/mol. The SMILES string of the molecule is COC(=O)[C@H]1Oc2c(c(=O)oc3ccccc23)[C@@H]1c1ccc(OC)c(OC)c1. The summed E-state index contributed by atoms with van der Waals surface area (Å²) in [5.41, 5.74) is 0.762. The normalized spacial score (nSPS) is 17.7. The fourth-order valence-electron chi connectivity index (χ4n) is 3.57. The fourth-order valence-corrected chi connectivity index (χ4v) is 3.57. The van der Waals surface area contributed by atoms with Gasteiger partial charge in [0.05, 0.1) is 38.2 Å². The summed E-state index contributed by atoms with van der Waals surface area (Å²) in [7, 11) is 4.32. The van der Waals surface area contributed by atoms with Crippen molar-refractivity contribution in [1.29, 1.82) is 0 Å². The molecule has 3 aromatic rings. The Morgan fingerprint density at radius 2 is 1.75 bits per heavy atom. The Kier molecular flexibility index (Phi) is 4.43. The molecule has 1 aliphatic rings. The van der Waals surface area contributed by atoms with E-state index in [-0.39, 0.29) is 5.56 Å². The molecule has 1 aromatic heterocycles. The van der Waals surface area contributed by atoms with Gasteiger partial charge in [-0.2, -0.15) is 0 Å². The molecule has 0 aliphatic carbocycles.